The van der Waals surface area contributed by atoms with E-state index in [2.05, 4.69) is 13.0 Å². The smallest absolute Gasteiger partial charge is 0.182 e. The summed E-state index contributed by atoms with van der Waals surface area (Å²) in [6.45, 7) is 2.19. The summed E-state index contributed by atoms with van der Waals surface area (Å²) in [6.07, 6.45) is 8.31. The van der Waals surface area contributed by atoms with E-state index in [1.807, 2.05) is 18.2 Å². The third kappa shape index (κ3) is 1.40. The van der Waals surface area contributed by atoms with Crippen LogP contribution in [0.1, 0.15) is 39.0 Å². The Morgan fingerprint density at radius 1 is 1.14 bits per heavy atom. The van der Waals surface area contributed by atoms with Crippen molar-refractivity contribution in [2.24, 2.45) is 22.7 Å². The van der Waals surface area contributed by atoms with E-state index in [0.717, 1.165) is 24.7 Å². The molecule has 4 aliphatic rings. The second-order valence-electron chi connectivity index (χ2n) is 8.20. The van der Waals surface area contributed by atoms with Gasteiger partial charge in [-0.1, -0.05) is 36.8 Å². The third-order valence-electron chi connectivity index (χ3n) is 7.14. The van der Waals surface area contributed by atoms with E-state index in [0.29, 0.717) is 4.90 Å². The molecular formula is C19H22O2S. The van der Waals surface area contributed by atoms with E-state index in [4.69, 9.17) is 0 Å². The molecule has 1 aromatic rings. The zero-order valence-electron chi connectivity index (χ0n) is 13.0. The molecular weight excluding hydrogens is 292 g/mol. The molecule has 0 saturated heterocycles. The molecule has 4 aliphatic carbocycles. The number of rotatable bonds is 2. The minimum atomic E-state index is -3.23. The lowest BCUT2D eigenvalue weighted by Gasteiger charge is -2.36. The number of hydrogen-bond donors (Lipinski definition) is 0. The van der Waals surface area contributed by atoms with E-state index in [-0.39, 0.29) is 16.1 Å². The van der Waals surface area contributed by atoms with Crippen molar-refractivity contribution in [1.82, 2.24) is 0 Å². The number of benzene rings is 1. The molecule has 0 heterocycles. The van der Waals surface area contributed by atoms with Crippen molar-refractivity contribution in [3.63, 3.8) is 0 Å². The van der Waals surface area contributed by atoms with Crippen molar-refractivity contribution >= 4 is 9.84 Å². The highest BCUT2D eigenvalue weighted by Crippen LogP contribution is 2.74. The summed E-state index contributed by atoms with van der Waals surface area (Å²) in [4.78, 5) is 0.503. The largest absolute Gasteiger partial charge is 0.223 e. The lowest BCUT2D eigenvalue weighted by Crippen LogP contribution is -2.35. The Labute approximate surface area is 132 Å². The van der Waals surface area contributed by atoms with E-state index in [9.17, 15) is 8.42 Å². The van der Waals surface area contributed by atoms with Gasteiger partial charge in [-0.05, 0) is 61.5 Å². The lowest BCUT2D eigenvalue weighted by molar-refractivity contribution is 0.238. The predicted molar refractivity (Wildman–Crippen MR) is 86.1 cm³/mol. The first-order valence-electron chi connectivity index (χ1n) is 8.48. The molecule has 3 fully saturated rings. The molecule has 2 nitrogen and oxygen atoms in total. The van der Waals surface area contributed by atoms with Crippen molar-refractivity contribution in [2.75, 3.05) is 0 Å². The van der Waals surface area contributed by atoms with Gasteiger partial charge in [-0.15, -0.1) is 0 Å². The summed E-state index contributed by atoms with van der Waals surface area (Å²) in [7, 11) is -3.23. The van der Waals surface area contributed by atoms with Gasteiger partial charge in [0.05, 0.1) is 10.1 Å². The first-order chi connectivity index (χ1) is 10.5. The van der Waals surface area contributed by atoms with Gasteiger partial charge in [-0.2, -0.15) is 0 Å². The van der Waals surface area contributed by atoms with Gasteiger partial charge in [0.25, 0.3) is 0 Å². The van der Waals surface area contributed by atoms with E-state index < -0.39 is 9.84 Å². The van der Waals surface area contributed by atoms with Gasteiger partial charge in [-0.25, -0.2) is 8.42 Å². The zero-order valence-corrected chi connectivity index (χ0v) is 13.8. The van der Waals surface area contributed by atoms with Crippen molar-refractivity contribution < 1.29 is 8.42 Å². The molecule has 0 aliphatic heterocycles. The summed E-state index contributed by atoms with van der Waals surface area (Å²) in [5.41, 5.74) is 1.74. The molecule has 116 valence electrons. The summed E-state index contributed by atoms with van der Waals surface area (Å²) in [6, 6.07) is 9.06. The zero-order chi connectivity index (χ0) is 15.2. The molecule has 5 rings (SSSR count). The fourth-order valence-electron chi connectivity index (χ4n) is 6.37. The maximum Gasteiger partial charge on any atom is 0.182 e. The van der Waals surface area contributed by atoms with E-state index in [1.54, 1.807) is 17.7 Å². The Bertz CT molecular complexity index is 779. The second-order valence-corrected chi connectivity index (χ2v) is 10.3. The monoisotopic (exact) mass is 314 g/mol. The normalized spacial score (nSPS) is 45.1. The maximum absolute atomic E-state index is 13.2. The van der Waals surface area contributed by atoms with Crippen molar-refractivity contribution in [2.45, 2.75) is 49.2 Å². The van der Waals surface area contributed by atoms with Crippen LogP contribution in [0.4, 0.5) is 0 Å². The number of hydrogen-bond acceptors (Lipinski definition) is 2. The molecule has 1 aromatic carbocycles. The van der Waals surface area contributed by atoms with Crippen molar-refractivity contribution in [1.29, 1.82) is 0 Å². The van der Waals surface area contributed by atoms with Gasteiger partial charge in [0.2, 0.25) is 0 Å². The Balaban J connectivity index is 1.61. The maximum atomic E-state index is 13.2. The van der Waals surface area contributed by atoms with Crippen molar-refractivity contribution in [3.05, 3.63) is 42.0 Å². The highest BCUT2D eigenvalue weighted by molar-refractivity contribution is 7.92. The van der Waals surface area contributed by atoms with Crippen LogP contribution in [0, 0.1) is 22.7 Å². The number of allylic oxidation sites excluding steroid dienone is 2. The van der Waals surface area contributed by atoms with Crippen LogP contribution < -0.4 is 0 Å². The fraction of sp³-hybridized carbons (Fsp3) is 0.579. The van der Waals surface area contributed by atoms with Crippen LogP contribution in [0.2, 0.25) is 0 Å². The van der Waals surface area contributed by atoms with Crippen LogP contribution in [0.25, 0.3) is 0 Å². The topological polar surface area (TPSA) is 34.1 Å². The number of sulfone groups is 1. The van der Waals surface area contributed by atoms with Crippen LogP contribution in [0.5, 0.6) is 0 Å². The quantitative estimate of drug-likeness (QED) is 0.774. The van der Waals surface area contributed by atoms with Crippen molar-refractivity contribution in [3.8, 4) is 0 Å². The predicted octanol–water partition coefficient (Wildman–Crippen LogP) is 3.99. The van der Waals surface area contributed by atoms with Crippen LogP contribution in [-0.2, 0) is 9.84 Å². The van der Waals surface area contributed by atoms with Gasteiger partial charge in [0.15, 0.2) is 9.84 Å². The minimum Gasteiger partial charge on any atom is -0.223 e. The molecule has 5 atom stereocenters. The first kappa shape index (κ1) is 13.4. The van der Waals surface area contributed by atoms with Crippen LogP contribution in [0.3, 0.4) is 0 Å². The highest BCUT2D eigenvalue weighted by Gasteiger charge is 2.68. The molecule has 3 heteroatoms. The molecule has 0 N–H and O–H groups in total. The SMILES string of the molecule is C[C@@]12C=C3[C@H]4CC[C@@H](C4)[C@@]3(C[C@@H]1S(=O)(=O)c1ccccc1)C2. The molecule has 0 amide bonds. The average molecular weight is 314 g/mol. The molecule has 0 radical (unpaired) electrons. The van der Waals surface area contributed by atoms with Crippen LogP contribution in [-0.4, -0.2) is 13.7 Å². The second kappa shape index (κ2) is 3.87. The molecule has 1 spiro atoms. The van der Waals surface area contributed by atoms with Gasteiger partial charge in [0.1, 0.15) is 0 Å². The minimum absolute atomic E-state index is 0.148. The Kier molecular flexibility index (Phi) is 2.35. The van der Waals surface area contributed by atoms with E-state index >= 15 is 0 Å². The third-order valence-corrected chi connectivity index (χ3v) is 9.53. The van der Waals surface area contributed by atoms with E-state index in [1.165, 1.54) is 19.3 Å². The molecule has 0 aromatic heterocycles. The average Bonchev–Trinajstić information content (AvgIpc) is 3.21. The standard InChI is InChI=1S/C19H22O2S/c1-18-10-16-13-7-8-14(9-13)19(16,12-18)11-17(18)22(20,21)15-5-3-2-4-6-15/h2-6,10,13-14,17H,7-9,11-12H2,1H3/t13-,14-,17-,18-,19+/m0/s1. The molecule has 4 bridgehead atoms. The Morgan fingerprint density at radius 2 is 1.91 bits per heavy atom. The van der Waals surface area contributed by atoms with Gasteiger partial charge in [0, 0.05) is 5.41 Å². The summed E-state index contributed by atoms with van der Waals surface area (Å²) < 4.78 is 26.4. The fourth-order valence-corrected chi connectivity index (χ4v) is 8.61. The Hall–Kier alpha value is -1.09. The van der Waals surface area contributed by atoms with Gasteiger partial charge in [-0.3, -0.25) is 0 Å². The van der Waals surface area contributed by atoms with Gasteiger partial charge >= 0.3 is 0 Å². The first-order valence-corrected chi connectivity index (χ1v) is 10.0. The molecule has 22 heavy (non-hydrogen) atoms. The summed E-state index contributed by atoms with van der Waals surface area (Å²) in [5, 5.41) is -0.231. The number of fused-ring (bicyclic) bond motifs is 4. The summed E-state index contributed by atoms with van der Waals surface area (Å²) >= 11 is 0. The molecule has 3 saturated carbocycles. The summed E-state index contributed by atoms with van der Waals surface area (Å²) in [5.74, 6) is 1.52. The van der Waals surface area contributed by atoms with Crippen LogP contribution in [0.15, 0.2) is 46.9 Å². The molecule has 0 unspecified atom stereocenters. The van der Waals surface area contributed by atoms with Crippen LogP contribution >= 0.6 is 0 Å². The highest BCUT2D eigenvalue weighted by atomic mass is 32.2. The van der Waals surface area contributed by atoms with Gasteiger partial charge < -0.3 is 0 Å². The lowest BCUT2D eigenvalue weighted by atomic mass is 9.70. The Morgan fingerprint density at radius 3 is 2.68 bits per heavy atom.